The molecule has 0 aromatic heterocycles. The molecule has 2 aromatic carbocycles. The van der Waals surface area contributed by atoms with E-state index in [0.29, 0.717) is 31.3 Å². The van der Waals surface area contributed by atoms with Crippen molar-refractivity contribution in [1.82, 2.24) is 4.90 Å². The van der Waals surface area contributed by atoms with E-state index in [4.69, 9.17) is 4.74 Å². The highest BCUT2D eigenvalue weighted by Crippen LogP contribution is 2.47. The Morgan fingerprint density at radius 1 is 1.08 bits per heavy atom. The van der Waals surface area contributed by atoms with Crippen LogP contribution in [0.1, 0.15) is 42.4 Å². The fourth-order valence-corrected chi connectivity index (χ4v) is 5.82. The van der Waals surface area contributed by atoms with Crippen LogP contribution in [-0.4, -0.2) is 49.4 Å². The van der Waals surface area contributed by atoms with Gasteiger partial charge in [0, 0.05) is 37.8 Å². The van der Waals surface area contributed by atoms with Gasteiger partial charge >= 0.3 is 6.18 Å². The number of piperidine rings is 1. The summed E-state index contributed by atoms with van der Waals surface area (Å²) in [6.45, 7) is 5.29. The number of phenolic OH excluding ortho intramolecular Hbond substituents is 1. The molecular formula is C28H32F3N3O2. The number of rotatable bonds is 7. The maximum absolute atomic E-state index is 13.6. The van der Waals surface area contributed by atoms with Gasteiger partial charge in [-0.2, -0.15) is 18.4 Å². The number of phenols is 1. The predicted molar refractivity (Wildman–Crippen MR) is 130 cm³/mol. The number of hydrogen-bond donors (Lipinski definition) is 1. The topological polar surface area (TPSA) is 59.7 Å². The summed E-state index contributed by atoms with van der Waals surface area (Å²) in [6.07, 6.45) is -0.235. The van der Waals surface area contributed by atoms with Gasteiger partial charge in [0.2, 0.25) is 0 Å². The highest BCUT2D eigenvalue weighted by Gasteiger charge is 2.48. The van der Waals surface area contributed by atoms with Crippen molar-refractivity contribution in [2.24, 2.45) is 17.3 Å². The van der Waals surface area contributed by atoms with Crippen LogP contribution < -0.4 is 4.90 Å². The Bertz CT molecular complexity index is 1120. The van der Waals surface area contributed by atoms with Gasteiger partial charge < -0.3 is 14.7 Å². The third-order valence-electron chi connectivity index (χ3n) is 8.14. The van der Waals surface area contributed by atoms with Crippen molar-refractivity contribution in [2.75, 3.05) is 44.3 Å². The largest absolute Gasteiger partial charge is 0.508 e. The minimum absolute atomic E-state index is 0.0226. The van der Waals surface area contributed by atoms with Crippen molar-refractivity contribution in [1.29, 1.82) is 5.26 Å². The average Bonchev–Trinajstić information content (AvgIpc) is 3.61. The van der Waals surface area contributed by atoms with Crippen LogP contribution in [-0.2, 0) is 17.5 Å². The lowest BCUT2D eigenvalue weighted by atomic mass is 9.71. The number of ether oxygens (including phenoxy) is 1. The molecule has 1 spiro atoms. The van der Waals surface area contributed by atoms with Crippen LogP contribution in [0.4, 0.5) is 18.9 Å². The van der Waals surface area contributed by atoms with Crippen molar-refractivity contribution < 1.29 is 23.0 Å². The quantitative estimate of drug-likeness (QED) is 0.551. The molecule has 0 unspecified atom stereocenters. The van der Waals surface area contributed by atoms with Crippen molar-refractivity contribution in [2.45, 2.75) is 38.4 Å². The minimum Gasteiger partial charge on any atom is -0.508 e. The molecular weight excluding hydrogens is 467 g/mol. The maximum atomic E-state index is 13.6. The molecule has 0 bridgehead atoms. The summed E-state index contributed by atoms with van der Waals surface area (Å²) in [4.78, 5) is 4.45. The lowest BCUT2D eigenvalue weighted by Gasteiger charge is -2.42. The van der Waals surface area contributed by atoms with E-state index in [-0.39, 0.29) is 22.6 Å². The zero-order chi connectivity index (χ0) is 25.3. The van der Waals surface area contributed by atoms with E-state index >= 15 is 0 Å². The molecule has 2 saturated heterocycles. The van der Waals surface area contributed by atoms with Gasteiger partial charge in [-0.25, -0.2) is 0 Å². The Hall–Kier alpha value is -2.76. The monoisotopic (exact) mass is 499 g/mol. The van der Waals surface area contributed by atoms with E-state index in [1.54, 1.807) is 24.3 Å². The number of nitrogens with zero attached hydrogens (tertiary/aromatic N) is 3. The van der Waals surface area contributed by atoms with E-state index in [0.717, 1.165) is 50.7 Å². The predicted octanol–water partition coefficient (Wildman–Crippen LogP) is 5.43. The van der Waals surface area contributed by atoms with E-state index in [9.17, 15) is 23.5 Å². The van der Waals surface area contributed by atoms with Crippen molar-refractivity contribution in [3.05, 3.63) is 59.2 Å². The summed E-state index contributed by atoms with van der Waals surface area (Å²) < 4.78 is 46.9. The number of benzene rings is 2. The standard InChI is InChI=1S/C28H32F3N3O2/c29-28(30,31)26-13-24(7-6-22(26)14-32)34-16-23(18-36-17-20-4-5-20)27(19-34)8-10-33(11-9-27)15-21-2-1-3-25(35)12-21/h1-3,6-7,12-13,20,23,35H,4-5,8-11,15-19H2/t23-/m1/s1. The highest BCUT2D eigenvalue weighted by atomic mass is 19.4. The van der Waals surface area contributed by atoms with Crippen molar-refractivity contribution in [3.8, 4) is 11.8 Å². The van der Waals surface area contributed by atoms with Crippen molar-refractivity contribution in [3.63, 3.8) is 0 Å². The van der Waals surface area contributed by atoms with Gasteiger partial charge in [0.1, 0.15) is 5.75 Å². The first kappa shape index (κ1) is 24.9. The second-order valence-electron chi connectivity index (χ2n) is 10.7. The fraction of sp³-hybridized carbons (Fsp3) is 0.536. The van der Waals surface area contributed by atoms with Crippen LogP contribution in [0.3, 0.4) is 0 Å². The molecule has 0 radical (unpaired) electrons. The Labute approximate surface area is 210 Å². The zero-order valence-corrected chi connectivity index (χ0v) is 20.3. The van der Waals surface area contributed by atoms with Gasteiger partial charge in [-0.1, -0.05) is 12.1 Å². The third-order valence-corrected chi connectivity index (χ3v) is 8.14. The molecule has 36 heavy (non-hydrogen) atoms. The Morgan fingerprint density at radius 2 is 1.86 bits per heavy atom. The Balaban J connectivity index is 1.32. The molecule has 1 N–H and O–H groups in total. The second-order valence-corrected chi connectivity index (χ2v) is 10.7. The van der Waals surface area contributed by atoms with Crippen LogP contribution in [0.15, 0.2) is 42.5 Å². The number of aromatic hydroxyl groups is 1. The average molecular weight is 500 g/mol. The van der Waals surface area contributed by atoms with Gasteiger partial charge in [-0.3, -0.25) is 4.90 Å². The highest BCUT2D eigenvalue weighted by molar-refractivity contribution is 5.56. The lowest BCUT2D eigenvalue weighted by molar-refractivity contribution is -0.137. The SMILES string of the molecule is N#Cc1ccc(N2C[C@H](COCC3CC3)C3(CCN(Cc4cccc(O)c4)CC3)C2)cc1C(F)(F)F. The molecule has 3 aliphatic rings. The molecule has 1 aliphatic carbocycles. The zero-order valence-electron chi connectivity index (χ0n) is 20.3. The van der Waals surface area contributed by atoms with Crippen LogP contribution >= 0.6 is 0 Å². The molecule has 1 saturated carbocycles. The normalized spacial score (nSPS) is 22.2. The molecule has 5 nitrogen and oxygen atoms in total. The van der Waals surface area contributed by atoms with E-state index in [2.05, 4.69) is 9.80 Å². The molecule has 192 valence electrons. The van der Waals surface area contributed by atoms with Gasteiger partial charge in [0.25, 0.3) is 0 Å². The Morgan fingerprint density at radius 3 is 2.53 bits per heavy atom. The first-order valence-electron chi connectivity index (χ1n) is 12.7. The molecule has 2 aromatic rings. The molecule has 0 amide bonds. The van der Waals surface area contributed by atoms with Gasteiger partial charge in [-0.05, 0) is 86.0 Å². The summed E-state index contributed by atoms with van der Waals surface area (Å²) in [7, 11) is 0. The number of hydrogen-bond acceptors (Lipinski definition) is 5. The second kappa shape index (κ2) is 9.95. The summed E-state index contributed by atoms with van der Waals surface area (Å²) in [6, 6.07) is 13.1. The summed E-state index contributed by atoms with van der Waals surface area (Å²) >= 11 is 0. The van der Waals surface area contributed by atoms with Crippen LogP contribution in [0.25, 0.3) is 0 Å². The minimum atomic E-state index is -4.57. The van der Waals surface area contributed by atoms with E-state index in [1.807, 2.05) is 12.1 Å². The number of alkyl halides is 3. The molecule has 8 heteroatoms. The fourth-order valence-electron chi connectivity index (χ4n) is 5.82. The van der Waals surface area contributed by atoms with Crippen LogP contribution in [0.5, 0.6) is 5.75 Å². The van der Waals surface area contributed by atoms with Gasteiger partial charge in [-0.15, -0.1) is 0 Å². The first-order chi connectivity index (χ1) is 17.3. The summed E-state index contributed by atoms with van der Waals surface area (Å²) in [5.41, 5.74) is 0.356. The number of likely N-dealkylation sites (tertiary alicyclic amines) is 1. The number of nitriles is 1. The van der Waals surface area contributed by atoms with Gasteiger partial charge in [0.05, 0.1) is 23.8 Å². The summed E-state index contributed by atoms with van der Waals surface area (Å²) in [5, 5.41) is 19.0. The van der Waals surface area contributed by atoms with E-state index < -0.39 is 11.7 Å². The first-order valence-corrected chi connectivity index (χ1v) is 12.7. The number of halogens is 3. The smallest absolute Gasteiger partial charge is 0.417 e. The molecule has 2 aliphatic heterocycles. The Kier molecular flexibility index (Phi) is 6.88. The molecule has 5 rings (SSSR count). The summed E-state index contributed by atoms with van der Waals surface area (Å²) in [5.74, 6) is 1.17. The molecule has 3 fully saturated rings. The number of anilines is 1. The van der Waals surface area contributed by atoms with Crippen LogP contribution in [0.2, 0.25) is 0 Å². The lowest BCUT2D eigenvalue weighted by Crippen LogP contribution is -2.45. The molecule has 2 heterocycles. The maximum Gasteiger partial charge on any atom is 0.417 e. The third kappa shape index (κ3) is 5.47. The van der Waals surface area contributed by atoms with Gasteiger partial charge in [0.15, 0.2) is 0 Å². The molecule has 1 atom stereocenters. The van der Waals surface area contributed by atoms with Crippen molar-refractivity contribution >= 4 is 5.69 Å². The van der Waals surface area contributed by atoms with Crippen LogP contribution in [0, 0.1) is 28.6 Å². The van der Waals surface area contributed by atoms with E-state index in [1.165, 1.54) is 18.9 Å².